The van der Waals surface area contributed by atoms with Crippen molar-refractivity contribution in [3.05, 3.63) is 29.3 Å². The van der Waals surface area contributed by atoms with Gasteiger partial charge in [-0.1, -0.05) is 49.6 Å². The molecule has 2 atom stereocenters. The highest BCUT2D eigenvalue weighted by Gasteiger charge is 2.27. The Balaban J connectivity index is 0.000000550. The molecule has 0 bridgehead atoms. The number of hydrogen-bond donors (Lipinski definition) is 0. The van der Waals surface area contributed by atoms with E-state index >= 15 is 0 Å². The van der Waals surface area contributed by atoms with Gasteiger partial charge in [0.2, 0.25) is 11.1 Å². The van der Waals surface area contributed by atoms with Gasteiger partial charge in [-0.2, -0.15) is 0 Å². The van der Waals surface area contributed by atoms with E-state index in [0.717, 1.165) is 11.3 Å². The molecule has 0 N–H and O–H groups in total. The lowest BCUT2D eigenvalue weighted by molar-refractivity contribution is -0.118. The molecule has 1 aromatic carbocycles. The summed E-state index contributed by atoms with van der Waals surface area (Å²) < 4.78 is 11.2. The van der Waals surface area contributed by atoms with Crippen LogP contribution in [0.15, 0.2) is 18.2 Å². The molecule has 8 heteroatoms. The summed E-state index contributed by atoms with van der Waals surface area (Å²) in [5.74, 6) is 0.00343. The number of anilines is 1. The molecule has 1 aliphatic heterocycles. The van der Waals surface area contributed by atoms with Crippen LogP contribution in [0.1, 0.15) is 18.1 Å². The van der Waals surface area contributed by atoms with Gasteiger partial charge in [0.15, 0.2) is 6.29 Å². The Morgan fingerprint density at radius 3 is 2.36 bits per heavy atom. The first-order valence-electron chi connectivity index (χ1n) is 7.73. The second-order valence-electron chi connectivity index (χ2n) is 5.63. The summed E-state index contributed by atoms with van der Waals surface area (Å²) >= 11 is 10.8. The Morgan fingerprint density at radius 2 is 1.92 bits per heavy atom. The summed E-state index contributed by atoms with van der Waals surface area (Å²) in [4.78, 5) is 23.4. The van der Waals surface area contributed by atoms with Crippen LogP contribution >= 0.6 is 43.5 Å². The molecule has 0 saturated carbocycles. The van der Waals surface area contributed by atoms with Gasteiger partial charge in [-0.15, -0.1) is 0 Å². The summed E-state index contributed by atoms with van der Waals surface area (Å²) in [6, 6.07) is 6.06. The van der Waals surface area contributed by atoms with Crippen molar-refractivity contribution in [3.63, 3.8) is 0 Å². The lowest BCUT2D eigenvalue weighted by atomic mass is 10.1. The zero-order chi connectivity index (χ0) is 19.0. The van der Waals surface area contributed by atoms with E-state index in [1.54, 1.807) is 4.90 Å². The molecular formula is C17H22Br2ClNO4. The summed E-state index contributed by atoms with van der Waals surface area (Å²) in [5, 5.41) is 0.168. The average molecular weight is 500 g/mol. The van der Waals surface area contributed by atoms with Gasteiger partial charge in [-0.25, -0.2) is 0 Å². The van der Waals surface area contributed by atoms with Crippen LogP contribution in [0, 0.1) is 13.8 Å². The van der Waals surface area contributed by atoms with Crippen LogP contribution in [0.2, 0.25) is 0 Å². The minimum Gasteiger partial charge on any atom is -0.348 e. The molecule has 1 heterocycles. The van der Waals surface area contributed by atoms with Crippen LogP contribution in [0.3, 0.4) is 0 Å². The van der Waals surface area contributed by atoms with Crippen LogP contribution in [0.5, 0.6) is 0 Å². The number of hydrogen-bond acceptors (Lipinski definition) is 4. The van der Waals surface area contributed by atoms with Gasteiger partial charge in [0.1, 0.15) is 0 Å². The molecule has 25 heavy (non-hydrogen) atoms. The first kappa shape index (κ1) is 22.6. The number of nitrogens with zero attached hydrogens (tertiary/aromatic N) is 1. The minimum atomic E-state index is -0.356. The van der Waals surface area contributed by atoms with Crippen molar-refractivity contribution in [2.45, 2.75) is 33.2 Å². The van der Waals surface area contributed by atoms with Gasteiger partial charge in [0.25, 0.3) is 0 Å². The maximum absolute atomic E-state index is 12.2. The second kappa shape index (κ2) is 11.3. The lowest BCUT2D eigenvalue weighted by Crippen LogP contribution is -2.39. The van der Waals surface area contributed by atoms with Crippen LogP contribution in [-0.2, 0) is 19.1 Å². The zero-order valence-corrected chi connectivity index (χ0v) is 18.4. The van der Waals surface area contributed by atoms with E-state index in [4.69, 9.17) is 21.1 Å². The second-order valence-corrected chi connectivity index (χ2v) is 7.17. The molecule has 1 aromatic rings. The monoisotopic (exact) mass is 497 g/mol. The summed E-state index contributed by atoms with van der Waals surface area (Å²) in [6.45, 7) is 7.01. The van der Waals surface area contributed by atoms with Crippen molar-refractivity contribution in [1.82, 2.24) is 0 Å². The SMILES string of the molecule is Cc1ccc(N(CC2OCC(C)O2)C(=O)CBr)c(C)c1.O=C(Cl)CBr. The molecule has 2 rings (SSSR count). The number of halogens is 3. The molecule has 1 aliphatic rings. The molecule has 1 amide bonds. The first-order chi connectivity index (χ1) is 11.8. The minimum absolute atomic E-state index is 0.00343. The number of benzene rings is 1. The lowest BCUT2D eigenvalue weighted by Gasteiger charge is -2.26. The third kappa shape index (κ3) is 7.74. The molecule has 5 nitrogen and oxygen atoms in total. The predicted octanol–water partition coefficient (Wildman–Crippen LogP) is 3.94. The van der Waals surface area contributed by atoms with Crippen LogP contribution in [-0.4, -0.2) is 47.4 Å². The third-order valence-corrected chi connectivity index (χ3v) is 4.84. The van der Waals surface area contributed by atoms with Crippen LogP contribution in [0.25, 0.3) is 0 Å². The summed E-state index contributed by atoms with van der Waals surface area (Å²) in [5.41, 5.74) is 3.16. The van der Waals surface area contributed by atoms with Crippen molar-refractivity contribution in [3.8, 4) is 0 Å². The van der Waals surface area contributed by atoms with E-state index in [9.17, 15) is 9.59 Å². The van der Waals surface area contributed by atoms with Crippen LogP contribution < -0.4 is 4.90 Å². The Morgan fingerprint density at radius 1 is 1.28 bits per heavy atom. The van der Waals surface area contributed by atoms with Gasteiger partial charge in [-0.05, 0) is 44.0 Å². The Hall–Kier alpha value is -0.470. The number of ether oxygens (including phenoxy) is 2. The third-order valence-electron chi connectivity index (χ3n) is 3.40. The highest BCUT2D eigenvalue weighted by molar-refractivity contribution is 9.09. The molecule has 0 aliphatic carbocycles. The van der Waals surface area contributed by atoms with Gasteiger partial charge < -0.3 is 14.4 Å². The van der Waals surface area contributed by atoms with Gasteiger partial charge in [0.05, 0.1) is 29.9 Å². The fourth-order valence-electron chi connectivity index (χ4n) is 2.34. The summed E-state index contributed by atoms with van der Waals surface area (Å²) in [7, 11) is 0. The van der Waals surface area contributed by atoms with Crippen LogP contribution in [0.4, 0.5) is 5.69 Å². The average Bonchev–Trinajstić information content (AvgIpc) is 2.98. The smallest absolute Gasteiger partial charge is 0.237 e. The predicted molar refractivity (Wildman–Crippen MR) is 107 cm³/mol. The Kier molecular flexibility index (Phi) is 10.2. The topological polar surface area (TPSA) is 55.8 Å². The van der Waals surface area contributed by atoms with E-state index in [0.29, 0.717) is 13.2 Å². The highest BCUT2D eigenvalue weighted by atomic mass is 79.9. The Bertz CT molecular complexity index is 600. The zero-order valence-electron chi connectivity index (χ0n) is 14.4. The van der Waals surface area contributed by atoms with E-state index in [1.165, 1.54) is 5.56 Å². The van der Waals surface area contributed by atoms with E-state index in [-0.39, 0.29) is 34.2 Å². The molecule has 140 valence electrons. The molecule has 1 fully saturated rings. The van der Waals surface area contributed by atoms with Crippen molar-refractivity contribution in [1.29, 1.82) is 0 Å². The molecule has 0 spiro atoms. The molecular weight excluding hydrogens is 477 g/mol. The standard InChI is InChI=1S/C15H20BrNO3.C2H2BrClO/c1-10-4-5-13(11(2)6-10)17(14(18)7-16)8-15-19-9-12(3)20-15;3-1-2(4)5/h4-6,12,15H,7-9H2,1-3H3;1H2. The largest absolute Gasteiger partial charge is 0.348 e. The maximum atomic E-state index is 12.2. The fourth-order valence-corrected chi connectivity index (χ4v) is 2.64. The number of alkyl halides is 2. The van der Waals surface area contributed by atoms with Gasteiger partial charge >= 0.3 is 0 Å². The quantitative estimate of drug-likeness (QED) is 0.455. The van der Waals surface area contributed by atoms with E-state index < -0.39 is 0 Å². The van der Waals surface area contributed by atoms with Gasteiger partial charge in [-0.3, -0.25) is 9.59 Å². The molecule has 0 aromatic heterocycles. The van der Waals surface area contributed by atoms with Crippen molar-refractivity contribution in [2.24, 2.45) is 0 Å². The number of rotatable bonds is 5. The number of carbonyl (C=O) groups is 2. The number of amides is 1. The first-order valence-corrected chi connectivity index (χ1v) is 10.4. The maximum Gasteiger partial charge on any atom is 0.237 e. The fraction of sp³-hybridized carbons (Fsp3) is 0.529. The summed E-state index contributed by atoms with van der Waals surface area (Å²) in [6.07, 6.45) is -0.270. The van der Waals surface area contributed by atoms with Crippen molar-refractivity contribution >= 4 is 60.3 Å². The molecule has 2 unspecified atom stereocenters. The normalized spacial score (nSPS) is 19.1. The van der Waals surface area contributed by atoms with Gasteiger partial charge in [0, 0.05) is 5.69 Å². The van der Waals surface area contributed by atoms with E-state index in [2.05, 4.69) is 37.9 Å². The Labute approximate surface area is 170 Å². The number of aryl methyl sites for hydroxylation is 2. The highest BCUT2D eigenvalue weighted by Crippen LogP contribution is 2.24. The van der Waals surface area contributed by atoms with E-state index in [1.807, 2.05) is 32.9 Å². The van der Waals surface area contributed by atoms with Crippen molar-refractivity contribution in [2.75, 3.05) is 28.7 Å². The molecule has 1 saturated heterocycles. The van der Waals surface area contributed by atoms with Crippen molar-refractivity contribution < 1.29 is 19.1 Å². The number of carbonyl (C=O) groups excluding carboxylic acids is 2. The molecule has 0 radical (unpaired) electrons.